The van der Waals surface area contributed by atoms with Gasteiger partial charge in [0, 0.05) is 30.2 Å². The molecule has 186 valence electrons. The number of nitrogens with one attached hydrogen (secondary N) is 1. The van der Waals surface area contributed by atoms with Crippen molar-refractivity contribution in [3.8, 4) is 5.75 Å². The van der Waals surface area contributed by atoms with Gasteiger partial charge >= 0.3 is 0 Å². The molecule has 0 fully saturated rings. The molecule has 35 heavy (non-hydrogen) atoms. The summed E-state index contributed by atoms with van der Waals surface area (Å²) >= 11 is 12.0. The van der Waals surface area contributed by atoms with E-state index in [-0.39, 0.29) is 29.0 Å². The summed E-state index contributed by atoms with van der Waals surface area (Å²) in [5.74, 6) is -0.981. The van der Waals surface area contributed by atoms with Gasteiger partial charge in [-0.25, -0.2) is 12.8 Å². The van der Waals surface area contributed by atoms with E-state index in [1.165, 1.54) is 30.3 Å². The molecule has 2 N–H and O–H groups in total. The van der Waals surface area contributed by atoms with Crippen molar-refractivity contribution >= 4 is 39.1 Å². The monoisotopic (exact) mass is 538 g/mol. The first-order chi connectivity index (χ1) is 16.5. The number of amides is 1. The molecule has 0 aliphatic heterocycles. The van der Waals surface area contributed by atoms with Crippen LogP contribution in [-0.2, 0) is 23.1 Å². The van der Waals surface area contributed by atoms with Gasteiger partial charge in [0.15, 0.2) is 5.75 Å². The normalized spacial score (nSPS) is 11.7. The van der Waals surface area contributed by atoms with Crippen LogP contribution in [0, 0.1) is 11.7 Å². The van der Waals surface area contributed by atoms with Crippen LogP contribution in [0.15, 0.2) is 65.6 Å². The molecule has 1 amide bonds. The van der Waals surface area contributed by atoms with Crippen LogP contribution in [0.1, 0.15) is 35.3 Å². The van der Waals surface area contributed by atoms with Crippen molar-refractivity contribution in [2.45, 2.75) is 31.8 Å². The van der Waals surface area contributed by atoms with E-state index in [0.29, 0.717) is 29.2 Å². The van der Waals surface area contributed by atoms with Crippen molar-refractivity contribution in [2.75, 3.05) is 6.54 Å². The zero-order valence-corrected chi connectivity index (χ0v) is 21.5. The fourth-order valence-electron chi connectivity index (χ4n) is 3.26. The van der Waals surface area contributed by atoms with Crippen LogP contribution in [0.25, 0.3) is 0 Å². The number of aromatic hydroxyl groups is 1. The molecular formula is C25H25Cl2FN2O4S. The summed E-state index contributed by atoms with van der Waals surface area (Å²) in [5.41, 5.74) is 1.58. The van der Waals surface area contributed by atoms with Gasteiger partial charge in [0.25, 0.3) is 5.91 Å². The van der Waals surface area contributed by atoms with Gasteiger partial charge in [0.2, 0.25) is 10.0 Å². The third kappa shape index (κ3) is 6.95. The SMILES string of the molecule is CC(C)CNC(=O)c1ccc(CN(Cc2ccc(F)cc2)S(=O)(=O)c2cc(Cl)cc(Cl)c2O)cc1. The van der Waals surface area contributed by atoms with E-state index in [4.69, 9.17) is 23.2 Å². The molecule has 0 unspecified atom stereocenters. The number of carbonyl (C=O) groups is 1. The molecule has 0 spiro atoms. The number of hydrogen-bond acceptors (Lipinski definition) is 4. The van der Waals surface area contributed by atoms with Crippen LogP contribution in [0.4, 0.5) is 4.39 Å². The second-order valence-electron chi connectivity index (χ2n) is 8.43. The first-order valence-corrected chi connectivity index (χ1v) is 13.0. The summed E-state index contributed by atoms with van der Waals surface area (Å²) in [6.45, 7) is 4.32. The minimum Gasteiger partial charge on any atom is -0.505 e. The highest BCUT2D eigenvalue weighted by molar-refractivity contribution is 7.89. The van der Waals surface area contributed by atoms with Crippen LogP contribution >= 0.6 is 23.2 Å². The molecule has 0 atom stereocenters. The zero-order chi connectivity index (χ0) is 25.8. The van der Waals surface area contributed by atoms with Crippen molar-refractivity contribution < 1.29 is 22.7 Å². The Kier molecular flexibility index (Phi) is 8.77. The fourth-order valence-corrected chi connectivity index (χ4v) is 5.42. The molecule has 3 aromatic carbocycles. The maximum atomic E-state index is 13.6. The number of nitrogens with zero attached hydrogens (tertiary/aromatic N) is 1. The molecule has 0 saturated carbocycles. The molecule has 0 bridgehead atoms. The predicted molar refractivity (Wildman–Crippen MR) is 135 cm³/mol. The minimum absolute atomic E-state index is 0.0462. The molecule has 0 aromatic heterocycles. The molecular weight excluding hydrogens is 514 g/mol. The van der Waals surface area contributed by atoms with Crippen molar-refractivity contribution in [3.63, 3.8) is 0 Å². The first-order valence-electron chi connectivity index (χ1n) is 10.8. The summed E-state index contributed by atoms with van der Waals surface area (Å²) < 4.78 is 41.6. The number of phenolic OH excluding ortho intramolecular Hbond substituents is 1. The topological polar surface area (TPSA) is 86.7 Å². The Hall–Kier alpha value is -2.65. The zero-order valence-electron chi connectivity index (χ0n) is 19.1. The summed E-state index contributed by atoms with van der Waals surface area (Å²) in [4.78, 5) is 11.9. The third-order valence-corrected chi connectivity index (χ3v) is 7.44. The highest BCUT2D eigenvalue weighted by atomic mass is 35.5. The molecule has 0 saturated heterocycles. The van der Waals surface area contributed by atoms with E-state index in [1.54, 1.807) is 24.3 Å². The Bertz CT molecular complexity index is 1300. The minimum atomic E-state index is -4.29. The molecule has 3 rings (SSSR count). The Balaban J connectivity index is 1.94. The molecule has 10 heteroatoms. The van der Waals surface area contributed by atoms with Crippen LogP contribution < -0.4 is 5.32 Å². The Labute approximate surface area is 214 Å². The lowest BCUT2D eigenvalue weighted by atomic mass is 10.1. The van der Waals surface area contributed by atoms with Crippen LogP contribution in [0.5, 0.6) is 5.75 Å². The smallest absolute Gasteiger partial charge is 0.251 e. The van der Waals surface area contributed by atoms with Crippen molar-refractivity contribution in [1.82, 2.24) is 9.62 Å². The van der Waals surface area contributed by atoms with Crippen LogP contribution in [0.2, 0.25) is 10.0 Å². The Morgan fingerprint density at radius 3 is 2.09 bits per heavy atom. The highest BCUT2D eigenvalue weighted by Gasteiger charge is 2.29. The number of sulfonamides is 1. The van der Waals surface area contributed by atoms with Crippen molar-refractivity contribution in [2.24, 2.45) is 5.92 Å². The van der Waals surface area contributed by atoms with Gasteiger partial charge < -0.3 is 10.4 Å². The summed E-state index contributed by atoms with van der Waals surface area (Å²) in [6.07, 6.45) is 0. The van der Waals surface area contributed by atoms with Gasteiger partial charge in [-0.15, -0.1) is 0 Å². The van der Waals surface area contributed by atoms with E-state index < -0.39 is 26.5 Å². The fraction of sp³-hybridized carbons (Fsp3) is 0.240. The number of hydrogen-bond donors (Lipinski definition) is 2. The van der Waals surface area contributed by atoms with E-state index in [2.05, 4.69) is 5.32 Å². The number of rotatable bonds is 9. The average molecular weight is 539 g/mol. The van der Waals surface area contributed by atoms with Crippen molar-refractivity contribution in [1.29, 1.82) is 0 Å². The molecule has 0 aliphatic rings. The third-order valence-electron chi connectivity index (χ3n) is 5.13. The highest BCUT2D eigenvalue weighted by Crippen LogP contribution is 2.36. The van der Waals surface area contributed by atoms with Gasteiger partial charge in [0.1, 0.15) is 10.7 Å². The van der Waals surface area contributed by atoms with Crippen molar-refractivity contribution in [3.05, 3.63) is 93.2 Å². The number of carbonyl (C=O) groups excluding carboxylic acids is 1. The quantitative estimate of drug-likeness (QED) is 0.370. The van der Waals surface area contributed by atoms with E-state index >= 15 is 0 Å². The molecule has 0 heterocycles. The maximum Gasteiger partial charge on any atom is 0.251 e. The number of phenols is 1. The second kappa shape index (κ2) is 11.4. The summed E-state index contributed by atoms with van der Waals surface area (Å²) in [7, 11) is -4.29. The van der Waals surface area contributed by atoms with E-state index in [9.17, 15) is 22.7 Å². The maximum absolute atomic E-state index is 13.6. The molecule has 0 radical (unpaired) electrons. The lowest BCUT2D eigenvalue weighted by Gasteiger charge is -2.23. The average Bonchev–Trinajstić information content (AvgIpc) is 2.81. The number of halogens is 3. The standard InChI is InChI=1S/C25H25Cl2FN2O4S/c1-16(2)13-29-25(32)19-7-3-17(4-8-19)14-30(15-18-5-9-21(28)10-6-18)35(33,34)23-12-20(26)11-22(27)24(23)31/h3-12,16,31H,13-15H2,1-2H3,(H,29,32). The Morgan fingerprint density at radius 2 is 1.54 bits per heavy atom. The van der Waals surface area contributed by atoms with Gasteiger partial charge in [-0.05, 0) is 53.4 Å². The lowest BCUT2D eigenvalue weighted by molar-refractivity contribution is 0.0949. The first kappa shape index (κ1) is 26.9. The van der Waals surface area contributed by atoms with Crippen LogP contribution in [0.3, 0.4) is 0 Å². The van der Waals surface area contributed by atoms with E-state index in [1.807, 2.05) is 13.8 Å². The summed E-state index contributed by atoms with van der Waals surface area (Å²) in [6, 6.07) is 14.3. The number of benzene rings is 3. The second-order valence-corrected chi connectivity index (χ2v) is 11.2. The molecule has 0 aliphatic carbocycles. The van der Waals surface area contributed by atoms with Gasteiger partial charge in [-0.3, -0.25) is 4.79 Å². The largest absolute Gasteiger partial charge is 0.505 e. The van der Waals surface area contributed by atoms with Gasteiger partial charge in [0.05, 0.1) is 5.02 Å². The lowest BCUT2D eigenvalue weighted by Crippen LogP contribution is -2.30. The van der Waals surface area contributed by atoms with Gasteiger partial charge in [-0.1, -0.05) is 61.3 Å². The predicted octanol–water partition coefficient (Wildman–Crippen LogP) is 5.62. The van der Waals surface area contributed by atoms with Gasteiger partial charge in [-0.2, -0.15) is 4.31 Å². The molecule has 6 nitrogen and oxygen atoms in total. The summed E-state index contributed by atoms with van der Waals surface area (Å²) in [5, 5.41) is 13.0. The van der Waals surface area contributed by atoms with E-state index in [0.717, 1.165) is 10.4 Å². The molecule has 3 aromatic rings. The Morgan fingerprint density at radius 1 is 1.00 bits per heavy atom. The van der Waals surface area contributed by atoms with Crippen LogP contribution in [-0.4, -0.2) is 30.3 Å².